The molecule has 1 heterocycles. The highest BCUT2D eigenvalue weighted by atomic mass is 16.7. The fourth-order valence-electron chi connectivity index (χ4n) is 2.30. The number of benzene rings is 1. The molecule has 108 valence electrons. The second-order valence-corrected chi connectivity index (χ2v) is 5.33. The molecule has 0 unspecified atom stereocenters. The molecule has 0 atom stereocenters. The van der Waals surface area contributed by atoms with Gasteiger partial charge < -0.3 is 14.3 Å². The lowest BCUT2D eigenvalue weighted by Gasteiger charge is -2.03. The van der Waals surface area contributed by atoms with E-state index in [2.05, 4.69) is 25.1 Å². The van der Waals surface area contributed by atoms with Crippen LogP contribution in [0.15, 0.2) is 29.8 Å². The van der Waals surface area contributed by atoms with E-state index in [-0.39, 0.29) is 5.78 Å². The Morgan fingerprint density at radius 3 is 2.80 bits per heavy atom. The predicted octanol–water partition coefficient (Wildman–Crippen LogP) is 4.05. The Bertz CT molecular complexity index is 503. The van der Waals surface area contributed by atoms with Crippen molar-refractivity contribution in [1.29, 1.82) is 0 Å². The average molecular weight is 274 g/mol. The zero-order valence-corrected chi connectivity index (χ0v) is 12.3. The molecule has 0 aliphatic carbocycles. The summed E-state index contributed by atoms with van der Waals surface area (Å²) in [4.78, 5) is 10.9. The Morgan fingerprint density at radius 2 is 2.00 bits per heavy atom. The van der Waals surface area contributed by atoms with E-state index in [1.807, 2.05) is 6.07 Å². The molecule has 1 aliphatic heterocycles. The van der Waals surface area contributed by atoms with Crippen LogP contribution in [0.4, 0.5) is 0 Å². The van der Waals surface area contributed by atoms with Crippen LogP contribution in [0.5, 0.6) is 11.5 Å². The summed E-state index contributed by atoms with van der Waals surface area (Å²) < 4.78 is 10.7. The number of rotatable bonds is 7. The number of carbonyl (C=O) groups excluding carboxylic acids is 1. The van der Waals surface area contributed by atoms with Crippen LogP contribution >= 0.6 is 0 Å². The monoisotopic (exact) mass is 274 g/mol. The Hall–Kier alpha value is -1.77. The fourth-order valence-corrected chi connectivity index (χ4v) is 2.30. The van der Waals surface area contributed by atoms with Crippen LogP contribution in [0.2, 0.25) is 0 Å². The molecule has 0 N–H and O–H groups in total. The van der Waals surface area contributed by atoms with Crippen LogP contribution in [0, 0.1) is 0 Å². The first-order valence-corrected chi connectivity index (χ1v) is 7.19. The second-order valence-electron chi connectivity index (χ2n) is 5.33. The summed E-state index contributed by atoms with van der Waals surface area (Å²) in [6.07, 6.45) is 6.95. The highest BCUT2D eigenvalue weighted by molar-refractivity contribution is 5.75. The molecule has 1 aromatic carbocycles. The third kappa shape index (κ3) is 4.41. The van der Waals surface area contributed by atoms with E-state index in [1.165, 1.54) is 11.1 Å². The largest absolute Gasteiger partial charge is 0.454 e. The molecule has 0 fully saturated rings. The molecule has 3 heteroatoms. The summed E-state index contributed by atoms with van der Waals surface area (Å²) in [6.45, 7) is 4.12. The van der Waals surface area contributed by atoms with Crippen molar-refractivity contribution in [3.8, 4) is 11.5 Å². The number of aryl methyl sites for hydroxylation is 1. The minimum absolute atomic E-state index is 0.276. The van der Waals surface area contributed by atoms with E-state index < -0.39 is 0 Å². The van der Waals surface area contributed by atoms with Gasteiger partial charge in [-0.25, -0.2) is 0 Å². The van der Waals surface area contributed by atoms with Crippen LogP contribution in [0.25, 0.3) is 0 Å². The summed E-state index contributed by atoms with van der Waals surface area (Å²) >= 11 is 0. The molecule has 0 saturated carbocycles. The van der Waals surface area contributed by atoms with Gasteiger partial charge in [0.2, 0.25) is 6.79 Å². The Kier molecular flexibility index (Phi) is 5.22. The van der Waals surface area contributed by atoms with Gasteiger partial charge >= 0.3 is 0 Å². The lowest BCUT2D eigenvalue weighted by atomic mass is 10.0. The van der Waals surface area contributed by atoms with Crippen molar-refractivity contribution in [1.82, 2.24) is 0 Å². The number of allylic oxidation sites excluding steroid dienone is 2. The topological polar surface area (TPSA) is 35.5 Å². The molecular formula is C17H22O3. The SMILES string of the molecule is CC(=O)CCC/C(C)=C/CCc1ccc2c(c1)OCO2. The summed E-state index contributed by atoms with van der Waals surface area (Å²) in [7, 11) is 0. The smallest absolute Gasteiger partial charge is 0.231 e. The molecular weight excluding hydrogens is 252 g/mol. The van der Waals surface area contributed by atoms with E-state index in [4.69, 9.17) is 9.47 Å². The van der Waals surface area contributed by atoms with Gasteiger partial charge in [-0.15, -0.1) is 0 Å². The van der Waals surface area contributed by atoms with Gasteiger partial charge in [0.25, 0.3) is 0 Å². The number of hydrogen-bond acceptors (Lipinski definition) is 3. The standard InChI is InChI=1S/C17H22O3/c1-13(5-3-7-14(2)18)6-4-8-15-9-10-16-17(11-15)20-12-19-16/h6,9-11H,3-5,7-8,12H2,1-2H3/b13-6+. The van der Waals surface area contributed by atoms with Gasteiger partial charge in [-0.1, -0.05) is 17.7 Å². The van der Waals surface area contributed by atoms with Gasteiger partial charge in [0.05, 0.1) is 0 Å². The minimum atomic E-state index is 0.276. The molecule has 20 heavy (non-hydrogen) atoms. The molecule has 1 aromatic rings. The van der Waals surface area contributed by atoms with Crippen LogP contribution in [0.3, 0.4) is 0 Å². The van der Waals surface area contributed by atoms with Gasteiger partial charge in [0.15, 0.2) is 11.5 Å². The number of ether oxygens (including phenoxy) is 2. The molecule has 0 aromatic heterocycles. The third-order valence-electron chi connectivity index (χ3n) is 3.46. The quantitative estimate of drug-likeness (QED) is 0.703. The number of carbonyl (C=O) groups is 1. The lowest BCUT2D eigenvalue weighted by molar-refractivity contribution is -0.117. The molecule has 0 amide bonds. The van der Waals surface area contributed by atoms with Gasteiger partial charge in [-0.05, 0) is 57.2 Å². The zero-order valence-electron chi connectivity index (χ0n) is 12.3. The summed E-state index contributed by atoms with van der Waals surface area (Å²) in [5.41, 5.74) is 2.63. The van der Waals surface area contributed by atoms with Crippen molar-refractivity contribution < 1.29 is 14.3 Å². The van der Waals surface area contributed by atoms with Crippen molar-refractivity contribution in [3.63, 3.8) is 0 Å². The maximum atomic E-state index is 10.9. The van der Waals surface area contributed by atoms with Gasteiger partial charge in [-0.2, -0.15) is 0 Å². The number of hydrogen-bond donors (Lipinski definition) is 0. The molecule has 3 nitrogen and oxygen atoms in total. The minimum Gasteiger partial charge on any atom is -0.454 e. The molecule has 0 bridgehead atoms. The van der Waals surface area contributed by atoms with E-state index in [0.717, 1.165) is 37.2 Å². The van der Waals surface area contributed by atoms with Crippen molar-refractivity contribution >= 4 is 5.78 Å². The second kappa shape index (κ2) is 7.13. The van der Waals surface area contributed by atoms with Crippen LogP contribution in [0.1, 0.15) is 45.1 Å². The maximum absolute atomic E-state index is 10.9. The zero-order chi connectivity index (χ0) is 14.4. The average Bonchev–Trinajstić information content (AvgIpc) is 2.85. The molecule has 0 radical (unpaired) electrons. The van der Waals surface area contributed by atoms with Gasteiger partial charge in [0.1, 0.15) is 5.78 Å². The third-order valence-corrected chi connectivity index (χ3v) is 3.46. The molecule has 1 aliphatic rings. The van der Waals surface area contributed by atoms with Crippen molar-refractivity contribution in [2.24, 2.45) is 0 Å². The maximum Gasteiger partial charge on any atom is 0.231 e. The number of fused-ring (bicyclic) bond motifs is 1. The first-order chi connectivity index (χ1) is 9.65. The number of ketones is 1. The van der Waals surface area contributed by atoms with Crippen molar-refractivity contribution in [2.45, 2.75) is 46.0 Å². The van der Waals surface area contributed by atoms with E-state index in [9.17, 15) is 4.79 Å². The number of Topliss-reactive ketones (excluding diaryl/α,β-unsaturated/α-hetero) is 1. The normalized spacial score (nSPS) is 13.6. The first kappa shape index (κ1) is 14.6. The first-order valence-electron chi connectivity index (χ1n) is 7.19. The van der Waals surface area contributed by atoms with Gasteiger partial charge in [0, 0.05) is 6.42 Å². The lowest BCUT2D eigenvalue weighted by Crippen LogP contribution is -1.93. The van der Waals surface area contributed by atoms with Crippen LogP contribution < -0.4 is 9.47 Å². The molecule has 2 rings (SSSR count). The van der Waals surface area contributed by atoms with Gasteiger partial charge in [-0.3, -0.25) is 0 Å². The summed E-state index contributed by atoms with van der Waals surface area (Å²) in [6, 6.07) is 6.12. The van der Waals surface area contributed by atoms with Crippen molar-refractivity contribution in [3.05, 3.63) is 35.4 Å². The van der Waals surface area contributed by atoms with Crippen LogP contribution in [-0.4, -0.2) is 12.6 Å². The van der Waals surface area contributed by atoms with E-state index in [1.54, 1.807) is 6.92 Å². The Labute approximate surface area is 120 Å². The van der Waals surface area contributed by atoms with Crippen LogP contribution in [-0.2, 0) is 11.2 Å². The van der Waals surface area contributed by atoms with E-state index >= 15 is 0 Å². The molecule has 0 spiro atoms. The van der Waals surface area contributed by atoms with E-state index in [0.29, 0.717) is 13.2 Å². The molecule has 0 saturated heterocycles. The highest BCUT2D eigenvalue weighted by Gasteiger charge is 2.12. The van der Waals surface area contributed by atoms with Crippen molar-refractivity contribution in [2.75, 3.05) is 6.79 Å². The fraction of sp³-hybridized carbons (Fsp3) is 0.471. The predicted molar refractivity (Wildman–Crippen MR) is 79.2 cm³/mol. The highest BCUT2D eigenvalue weighted by Crippen LogP contribution is 2.32. The Morgan fingerprint density at radius 1 is 1.20 bits per heavy atom. The summed E-state index contributed by atoms with van der Waals surface area (Å²) in [5.74, 6) is 1.97. The Balaban J connectivity index is 1.76. The summed E-state index contributed by atoms with van der Waals surface area (Å²) in [5, 5.41) is 0.